The Morgan fingerprint density at radius 1 is 1.35 bits per heavy atom. The van der Waals surface area contributed by atoms with Crippen LogP contribution in [0.5, 0.6) is 5.75 Å². The van der Waals surface area contributed by atoms with E-state index in [9.17, 15) is 10.1 Å². The van der Waals surface area contributed by atoms with Gasteiger partial charge in [0.1, 0.15) is 24.4 Å². The molecule has 6 heteroatoms. The Bertz CT molecular complexity index is 587. The van der Waals surface area contributed by atoms with Gasteiger partial charge < -0.3 is 10.1 Å². The lowest BCUT2D eigenvalue weighted by Gasteiger charge is -2.09. The molecule has 104 valence electrons. The summed E-state index contributed by atoms with van der Waals surface area (Å²) in [6.07, 6.45) is 1.24. The van der Waals surface area contributed by atoms with E-state index in [0.29, 0.717) is 19.0 Å². The number of rotatable bonds is 6. The van der Waals surface area contributed by atoms with Crippen molar-refractivity contribution in [1.29, 1.82) is 0 Å². The molecule has 2 aromatic rings. The Kier molecular flexibility index (Phi) is 4.49. The molecule has 0 unspecified atom stereocenters. The lowest BCUT2D eigenvalue weighted by Crippen LogP contribution is -2.13. The molecule has 1 N–H and O–H groups in total. The maximum atomic E-state index is 10.6. The zero-order valence-electron chi connectivity index (χ0n) is 11.1. The fourth-order valence-electron chi connectivity index (χ4n) is 1.70. The largest absolute Gasteiger partial charge is 0.492 e. The molecule has 0 spiro atoms. The number of aryl methyl sites for hydroxylation is 1. The lowest BCUT2D eigenvalue weighted by molar-refractivity contribution is -0.385. The van der Waals surface area contributed by atoms with E-state index in [1.807, 2.05) is 30.3 Å². The van der Waals surface area contributed by atoms with Crippen molar-refractivity contribution in [2.24, 2.45) is 0 Å². The van der Waals surface area contributed by atoms with Crippen LogP contribution in [-0.2, 0) is 0 Å². The number of benzene rings is 1. The summed E-state index contributed by atoms with van der Waals surface area (Å²) in [5.74, 6) is 1.44. The van der Waals surface area contributed by atoms with Crippen LogP contribution in [0.3, 0.4) is 0 Å². The molecule has 1 aromatic carbocycles. The van der Waals surface area contributed by atoms with Crippen LogP contribution in [0.2, 0.25) is 0 Å². The molecule has 0 bridgehead atoms. The molecule has 0 saturated carbocycles. The van der Waals surface area contributed by atoms with E-state index in [1.54, 1.807) is 6.92 Å². The van der Waals surface area contributed by atoms with Gasteiger partial charge in [0.25, 0.3) is 5.69 Å². The van der Waals surface area contributed by atoms with Crippen LogP contribution in [-0.4, -0.2) is 23.1 Å². The zero-order chi connectivity index (χ0) is 14.4. The number of aromatic nitrogens is 1. The normalized spacial score (nSPS) is 10.1. The highest BCUT2D eigenvalue weighted by Gasteiger charge is 2.08. The topological polar surface area (TPSA) is 77.3 Å². The third-order valence-electron chi connectivity index (χ3n) is 2.68. The average molecular weight is 273 g/mol. The van der Waals surface area contributed by atoms with Gasteiger partial charge in [0.15, 0.2) is 0 Å². The summed E-state index contributed by atoms with van der Waals surface area (Å²) in [5.41, 5.74) is 0.729. The summed E-state index contributed by atoms with van der Waals surface area (Å²) in [5, 5.41) is 13.7. The Morgan fingerprint density at radius 3 is 2.75 bits per heavy atom. The molecule has 2 rings (SSSR count). The van der Waals surface area contributed by atoms with Crippen molar-refractivity contribution in [2.45, 2.75) is 6.92 Å². The maximum absolute atomic E-state index is 10.6. The highest BCUT2D eigenvalue weighted by molar-refractivity contribution is 5.48. The molecule has 0 atom stereocenters. The van der Waals surface area contributed by atoms with E-state index in [-0.39, 0.29) is 5.69 Å². The average Bonchev–Trinajstić information content (AvgIpc) is 2.46. The molecule has 1 heterocycles. The quantitative estimate of drug-likeness (QED) is 0.497. The van der Waals surface area contributed by atoms with E-state index >= 15 is 0 Å². The minimum absolute atomic E-state index is 0.00594. The number of para-hydroxylation sites is 1. The molecular formula is C14H15N3O3. The monoisotopic (exact) mass is 273 g/mol. The van der Waals surface area contributed by atoms with Gasteiger partial charge in [0.05, 0.1) is 11.5 Å². The molecule has 0 fully saturated rings. The number of ether oxygens (including phenoxy) is 1. The second-order valence-corrected chi connectivity index (χ2v) is 4.20. The molecule has 0 amide bonds. The SMILES string of the molecule is Cc1cc([N+](=O)[O-])cnc1NCCOc1ccccc1. The minimum Gasteiger partial charge on any atom is -0.492 e. The number of nitrogens with one attached hydrogen (secondary N) is 1. The molecular weight excluding hydrogens is 258 g/mol. The lowest BCUT2D eigenvalue weighted by atomic mass is 10.2. The summed E-state index contributed by atoms with van der Waals surface area (Å²) >= 11 is 0. The minimum atomic E-state index is -0.456. The van der Waals surface area contributed by atoms with E-state index in [4.69, 9.17) is 4.74 Å². The van der Waals surface area contributed by atoms with Crippen molar-refractivity contribution < 1.29 is 9.66 Å². The van der Waals surface area contributed by atoms with Gasteiger partial charge in [-0.15, -0.1) is 0 Å². The standard InChI is InChI=1S/C14H15N3O3/c1-11-9-12(17(18)19)10-16-14(11)15-7-8-20-13-5-3-2-4-6-13/h2-6,9-10H,7-8H2,1H3,(H,15,16). The van der Waals surface area contributed by atoms with Crippen molar-refractivity contribution in [2.75, 3.05) is 18.5 Å². The smallest absolute Gasteiger partial charge is 0.287 e. The summed E-state index contributed by atoms with van der Waals surface area (Å²) in [6.45, 7) is 2.84. The third kappa shape index (κ3) is 3.68. The highest BCUT2D eigenvalue weighted by Crippen LogP contribution is 2.17. The van der Waals surface area contributed by atoms with Gasteiger partial charge in [0.2, 0.25) is 0 Å². The van der Waals surface area contributed by atoms with Crippen LogP contribution in [0.4, 0.5) is 11.5 Å². The number of pyridine rings is 1. The Morgan fingerprint density at radius 2 is 2.10 bits per heavy atom. The maximum Gasteiger partial charge on any atom is 0.287 e. The number of hydrogen-bond donors (Lipinski definition) is 1. The van der Waals surface area contributed by atoms with E-state index in [1.165, 1.54) is 12.3 Å². The van der Waals surface area contributed by atoms with Gasteiger partial charge in [-0.1, -0.05) is 18.2 Å². The molecule has 0 radical (unpaired) electrons. The van der Waals surface area contributed by atoms with Gasteiger partial charge in [-0.3, -0.25) is 10.1 Å². The first-order valence-corrected chi connectivity index (χ1v) is 6.19. The second kappa shape index (κ2) is 6.51. The first-order chi connectivity index (χ1) is 9.66. The summed E-state index contributed by atoms with van der Waals surface area (Å²) in [7, 11) is 0. The van der Waals surface area contributed by atoms with E-state index < -0.39 is 4.92 Å². The van der Waals surface area contributed by atoms with Crippen molar-refractivity contribution in [3.8, 4) is 5.75 Å². The van der Waals surface area contributed by atoms with Crippen molar-refractivity contribution >= 4 is 11.5 Å². The molecule has 0 aliphatic heterocycles. The first kappa shape index (κ1) is 13.8. The number of nitro groups is 1. The van der Waals surface area contributed by atoms with Crippen molar-refractivity contribution in [3.05, 3.63) is 58.3 Å². The van der Waals surface area contributed by atoms with Gasteiger partial charge in [-0.05, 0) is 24.6 Å². The molecule has 0 aliphatic rings. The van der Waals surface area contributed by atoms with Gasteiger partial charge in [-0.2, -0.15) is 0 Å². The zero-order valence-corrected chi connectivity index (χ0v) is 11.1. The highest BCUT2D eigenvalue weighted by atomic mass is 16.6. The molecule has 0 saturated heterocycles. The molecule has 1 aromatic heterocycles. The van der Waals surface area contributed by atoms with Crippen LogP contribution in [0.15, 0.2) is 42.6 Å². The van der Waals surface area contributed by atoms with Crippen LogP contribution >= 0.6 is 0 Å². The summed E-state index contributed by atoms with van der Waals surface area (Å²) in [6, 6.07) is 11.0. The van der Waals surface area contributed by atoms with Crippen LogP contribution in [0, 0.1) is 17.0 Å². The van der Waals surface area contributed by atoms with Crippen molar-refractivity contribution in [1.82, 2.24) is 4.98 Å². The van der Waals surface area contributed by atoms with E-state index in [2.05, 4.69) is 10.3 Å². The number of nitrogens with zero attached hydrogens (tertiary/aromatic N) is 2. The predicted molar refractivity (Wildman–Crippen MR) is 76.1 cm³/mol. The molecule has 6 nitrogen and oxygen atoms in total. The predicted octanol–water partition coefficient (Wildman–Crippen LogP) is 2.79. The summed E-state index contributed by atoms with van der Waals surface area (Å²) in [4.78, 5) is 14.2. The van der Waals surface area contributed by atoms with E-state index in [0.717, 1.165) is 11.3 Å². The van der Waals surface area contributed by atoms with Crippen LogP contribution < -0.4 is 10.1 Å². The Labute approximate surface area is 116 Å². The first-order valence-electron chi connectivity index (χ1n) is 6.19. The fourth-order valence-corrected chi connectivity index (χ4v) is 1.70. The fraction of sp³-hybridized carbons (Fsp3) is 0.214. The molecule has 20 heavy (non-hydrogen) atoms. The van der Waals surface area contributed by atoms with Gasteiger partial charge in [0, 0.05) is 6.07 Å². The van der Waals surface area contributed by atoms with Crippen LogP contribution in [0.25, 0.3) is 0 Å². The molecule has 0 aliphatic carbocycles. The number of hydrogen-bond acceptors (Lipinski definition) is 5. The number of anilines is 1. The Hall–Kier alpha value is -2.63. The van der Waals surface area contributed by atoms with Gasteiger partial charge in [-0.25, -0.2) is 4.98 Å². The second-order valence-electron chi connectivity index (χ2n) is 4.20. The van der Waals surface area contributed by atoms with Crippen molar-refractivity contribution in [3.63, 3.8) is 0 Å². The van der Waals surface area contributed by atoms with Gasteiger partial charge >= 0.3 is 0 Å². The van der Waals surface area contributed by atoms with Crippen LogP contribution in [0.1, 0.15) is 5.56 Å². The Balaban J connectivity index is 1.84. The third-order valence-corrected chi connectivity index (χ3v) is 2.68. The summed E-state index contributed by atoms with van der Waals surface area (Å²) < 4.78 is 5.53.